The van der Waals surface area contributed by atoms with Crippen LogP contribution in [0.2, 0.25) is 5.15 Å². The van der Waals surface area contributed by atoms with Gasteiger partial charge in [-0.2, -0.15) is 0 Å². The van der Waals surface area contributed by atoms with Gasteiger partial charge < -0.3 is 10.1 Å². The molecule has 1 aliphatic heterocycles. The van der Waals surface area contributed by atoms with E-state index in [1.54, 1.807) is 6.07 Å². The van der Waals surface area contributed by atoms with E-state index in [0.717, 1.165) is 18.7 Å². The number of pyridine rings is 1. The summed E-state index contributed by atoms with van der Waals surface area (Å²) in [5.74, 6) is 0.660. The highest BCUT2D eigenvalue weighted by molar-refractivity contribution is 6.29. The Balaban J connectivity index is 0.000000845. The molecule has 0 fully saturated rings. The van der Waals surface area contributed by atoms with Crippen molar-refractivity contribution in [3.8, 4) is 5.88 Å². The molecule has 2 rings (SSSR count). The molecule has 0 aromatic carbocycles. The van der Waals surface area contributed by atoms with Crippen molar-refractivity contribution in [1.82, 2.24) is 10.3 Å². The van der Waals surface area contributed by atoms with Crippen molar-refractivity contribution in [1.29, 1.82) is 0 Å². The van der Waals surface area contributed by atoms with Crippen LogP contribution in [0.5, 0.6) is 5.88 Å². The van der Waals surface area contributed by atoms with Gasteiger partial charge in [0.25, 0.3) is 0 Å². The van der Waals surface area contributed by atoms with E-state index in [4.69, 9.17) is 16.3 Å². The molecule has 72 valence electrons. The lowest BCUT2D eigenvalue weighted by Crippen LogP contribution is -2.16. The monoisotopic (exact) mass is 220 g/mol. The number of aromatic nitrogens is 1. The third-order valence-corrected chi connectivity index (χ3v) is 1.95. The van der Waals surface area contributed by atoms with Crippen LogP contribution in [0.1, 0.15) is 5.56 Å². The van der Waals surface area contributed by atoms with E-state index >= 15 is 0 Å². The Morgan fingerprint density at radius 2 is 2.31 bits per heavy atom. The fraction of sp³-hybridized carbons (Fsp3) is 0.375. The summed E-state index contributed by atoms with van der Waals surface area (Å²) >= 11 is 5.72. The second-order valence-corrected chi connectivity index (χ2v) is 3.01. The molecule has 1 aromatic rings. The topological polar surface area (TPSA) is 34.1 Å². The van der Waals surface area contributed by atoms with Gasteiger partial charge in [0.05, 0.1) is 0 Å². The van der Waals surface area contributed by atoms with Crippen LogP contribution in [0.3, 0.4) is 0 Å². The molecule has 0 unspecified atom stereocenters. The predicted octanol–water partition coefficient (Wildman–Crippen LogP) is 1.64. The van der Waals surface area contributed by atoms with Crippen molar-refractivity contribution in [3.05, 3.63) is 22.8 Å². The number of rotatable bonds is 0. The Bertz CT molecular complexity index is 293. The minimum Gasteiger partial charge on any atom is -0.476 e. The molecular formula is C8H10Cl2N2O. The van der Waals surface area contributed by atoms with Gasteiger partial charge in [0.15, 0.2) is 0 Å². The Labute approximate surface area is 87.9 Å². The third-order valence-electron chi connectivity index (χ3n) is 1.74. The van der Waals surface area contributed by atoms with Crippen molar-refractivity contribution >= 4 is 24.0 Å². The first-order valence-corrected chi connectivity index (χ1v) is 4.23. The number of nitrogens with one attached hydrogen (secondary N) is 1. The molecule has 3 nitrogen and oxygen atoms in total. The summed E-state index contributed by atoms with van der Waals surface area (Å²) < 4.78 is 5.37. The normalized spacial score (nSPS) is 14.8. The van der Waals surface area contributed by atoms with Crippen LogP contribution in [-0.4, -0.2) is 18.1 Å². The lowest BCUT2D eigenvalue weighted by molar-refractivity contribution is 0.314. The molecule has 0 amide bonds. The molecule has 0 radical (unpaired) electrons. The quantitative estimate of drug-likeness (QED) is 0.676. The fourth-order valence-electron chi connectivity index (χ4n) is 1.15. The number of nitrogens with zero attached hydrogens (tertiary/aromatic N) is 1. The zero-order valence-corrected chi connectivity index (χ0v) is 8.49. The summed E-state index contributed by atoms with van der Waals surface area (Å²) in [7, 11) is 0. The molecule has 0 aliphatic carbocycles. The van der Waals surface area contributed by atoms with Crippen LogP contribution in [0.15, 0.2) is 12.1 Å². The van der Waals surface area contributed by atoms with Crippen LogP contribution in [-0.2, 0) is 6.54 Å². The van der Waals surface area contributed by atoms with Gasteiger partial charge in [-0.05, 0) is 12.1 Å². The number of hydrogen-bond donors (Lipinski definition) is 1. The first kappa shape index (κ1) is 10.6. The van der Waals surface area contributed by atoms with Crippen molar-refractivity contribution in [2.75, 3.05) is 13.2 Å². The molecule has 0 bridgehead atoms. The van der Waals surface area contributed by atoms with Gasteiger partial charge in [0, 0.05) is 18.7 Å². The molecule has 1 aliphatic rings. The molecule has 1 N–H and O–H groups in total. The van der Waals surface area contributed by atoms with Crippen molar-refractivity contribution < 1.29 is 4.74 Å². The zero-order valence-electron chi connectivity index (χ0n) is 6.92. The highest BCUT2D eigenvalue weighted by Crippen LogP contribution is 2.19. The van der Waals surface area contributed by atoms with Gasteiger partial charge in [-0.3, -0.25) is 0 Å². The van der Waals surface area contributed by atoms with E-state index in [1.165, 1.54) is 0 Å². The van der Waals surface area contributed by atoms with E-state index in [9.17, 15) is 0 Å². The van der Waals surface area contributed by atoms with Gasteiger partial charge in [0.2, 0.25) is 5.88 Å². The summed E-state index contributed by atoms with van der Waals surface area (Å²) in [5, 5.41) is 3.70. The van der Waals surface area contributed by atoms with Gasteiger partial charge in [-0.1, -0.05) is 11.6 Å². The van der Waals surface area contributed by atoms with E-state index < -0.39 is 0 Å². The van der Waals surface area contributed by atoms with Gasteiger partial charge in [-0.15, -0.1) is 12.4 Å². The Kier molecular flexibility index (Phi) is 3.78. The first-order chi connectivity index (χ1) is 5.86. The van der Waals surface area contributed by atoms with E-state index in [2.05, 4.69) is 10.3 Å². The minimum atomic E-state index is 0. The first-order valence-electron chi connectivity index (χ1n) is 3.85. The third kappa shape index (κ3) is 2.46. The summed E-state index contributed by atoms with van der Waals surface area (Å²) in [6.07, 6.45) is 0. The van der Waals surface area contributed by atoms with Crippen LogP contribution in [0.25, 0.3) is 0 Å². The molecule has 1 aromatic heterocycles. The highest BCUT2D eigenvalue weighted by Gasteiger charge is 2.09. The highest BCUT2D eigenvalue weighted by atomic mass is 35.5. The molecule has 0 saturated heterocycles. The van der Waals surface area contributed by atoms with Crippen LogP contribution >= 0.6 is 24.0 Å². The maximum Gasteiger partial charge on any atom is 0.219 e. The van der Waals surface area contributed by atoms with Crippen LogP contribution in [0, 0.1) is 0 Å². The standard InChI is InChI=1S/C8H9ClN2O.ClH/c9-7-2-1-6-5-10-3-4-12-8(6)11-7;/h1-2,10H,3-5H2;1H. The van der Waals surface area contributed by atoms with Gasteiger partial charge in [-0.25, -0.2) is 4.98 Å². The second-order valence-electron chi connectivity index (χ2n) is 2.62. The van der Waals surface area contributed by atoms with Gasteiger partial charge >= 0.3 is 0 Å². The maximum atomic E-state index is 5.72. The van der Waals surface area contributed by atoms with E-state index in [1.807, 2.05) is 6.07 Å². The van der Waals surface area contributed by atoms with Gasteiger partial charge in [0.1, 0.15) is 11.8 Å². The van der Waals surface area contributed by atoms with E-state index in [0.29, 0.717) is 17.6 Å². The lowest BCUT2D eigenvalue weighted by atomic mass is 10.3. The summed E-state index contributed by atoms with van der Waals surface area (Å²) in [6.45, 7) is 2.31. The summed E-state index contributed by atoms with van der Waals surface area (Å²) in [6, 6.07) is 3.71. The molecule has 0 spiro atoms. The Hall–Kier alpha value is -0.510. The molecule has 5 heteroatoms. The second kappa shape index (κ2) is 4.65. The number of fused-ring (bicyclic) bond motifs is 1. The van der Waals surface area contributed by atoms with Crippen molar-refractivity contribution in [3.63, 3.8) is 0 Å². The molecule has 13 heavy (non-hydrogen) atoms. The Morgan fingerprint density at radius 3 is 3.15 bits per heavy atom. The smallest absolute Gasteiger partial charge is 0.219 e. The average molecular weight is 221 g/mol. The van der Waals surface area contributed by atoms with Crippen molar-refractivity contribution in [2.24, 2.45) is 0 Å². The number of ether oxygens (including phenoxy) is 1. The number of hydrogen-bond acceptors (Lipinski definition) is 3. The SMILES string of the molecule is Cl.Clc1ccc2c(n1)OCCNC2. The molecule has 0 saturated carbocycles. The largest absolute Gasteiger partial charge is 0.476 e. The average Bonchev–Trinajstić information content (AvgIpc) is 2.28. The maximum absolute atomic E-state index is 5.72. The van der Waals surface area contributed by atoms with Crippen molar-refractivity contribution in [2.45, 2.75) is 6.54 Å². The van der Waals surface area contributed by atoms with Crippen LogP contribution in [0.4, 0.5) is 0 Å². The molecule has 2 heterocycles. The Morgan fingerprint density at radius 1 is 1.46 bits per heavy atom. The predicted molar refractivity (Wildman–Crippen MR) is 53.7 cm³/mol. The van der Waals surface area contributed by atoms with Crippen LogP contribution < -0.4 is 10.1 Å². The summed E-state index contributed by atoms with van der Waals surface area (Å²) in [5.41, 5.74) is 1.07. The molecular weight excluding hydrogens is 211 g/mol. The number of halogens is 2. The lowest BCUT2D eigenvalue weighted by Gasteiger charge is -2.03. The van der Waals surface area contributed by atoms with E-state index in [-0.39, 0.29) is 12.4 Å². The zero-order chi connectivity index (χ0) is 8.39. The summed E-state index contributed by atoms with van der Waals surface area (Å²) in [4.78, 5) is 4.08. The fourth-order valence-corrected chi connectivity index (χ4v) is 1.29. The minimum absolute atomic E-state index is 0. The molecule has 0 atom stereocenters.